The van der Waals surface area contributed by atoms with E-state index in [1.54, 1.807) is 20.8 Å². The van der Waals surface area contributed by atoms with E-state index < -0.39 is 29.8 Å². The second kappa shape index (κ2) is 8.02. The third-order valence-electron chi connectivity index (χ3n) is 4.70. The summed E-state index contributed by atoms with van der Waals surface area (Å²) in [5.41, 5.74) is 0.433. The zero-order chi connectivity index (χ0) is 21.3. The van der Waals surface area contributed by atoms with Crippen molar-refractivity contribution in [3.63, 3.8) is 0 Å². The number of rotatable bonds is 6. The number of ether oxygens (including phenoxy) is 1. The summed E-state index contributed by atoms with van der Waals surface area (Å²) in [5, 5.41) is 12.6. The van der Waals surface area contributed by atoms with Crippen LogP contribution in [0.25, 0.3) is 0 Å². The van der Waals surface area contributed by atoms with Gasteiger partial charge in [-0.1, -0.05) is 20.4 Å². The first-order valence-corrected chi connectivity index (χ1v) is 9.11. The quantitative estimate of drug-likeness (QED) is 0.692. The minimum absolute atomic E-state index is 0.0516. The zero-order valence-corrected chi connectivity index (χ0v) is 16.3. The molecule has 1 aromatic carbocycles. The Morgan fingerprint density at radius 3 is 2.62 bits per heavy atom. The molecule has 0 saturated carbocycles. The maximum absolute atomic E-state index is 14.5. The zero-order valence-electron chi connectivity index (χ0n) is 16.3. The summed E-state index contributed by atoms with van der Waals surface area (Å²) in [6.07, 6.45) is 0.721. The monoisotopic (exact) mass is 404 g/mol. The van der Waals surface area contributed by atoms with Crippen LogP contribution in [0.15, 0.2) is 36.7 Å². The minimum Gasteiger partial charge on any atom is -0.511 e. The Balaban J connectivity index is 1.85. The van der Waals surface area contributed by atoms with Crippen LogP contribution in [0.2, 0.25) is 0 Å². The number of nitrogens with one attached hydrogen (secondary N) is 1. The first-order chi connectivity index (χ1) is 13.7. The van der Waals surface area contributed by atoms with Crippen molar-refractivity contribution in [2.45, 2.75) is 38.8 Å². The molecule has 1 aliphatic rings. The Morgan fingerprint density at radius 1 is 1.31 bits per heavy atom. The fraction of sp³-hybridized carbons (Fsp3) is 0.350. The predicted molar refractivity (Wildman–Crippen MR) is 104 cm³/mol. The summed E-state index contributed by atoms with van der Waals surface area (Å²) in [6, 6.07) is 2.42. The van der Waals surface area contributed by atoms with Crippen molar-refractivity contribution in [2.75, 3.05) is 16.8 Å². The van der Waals surface area contributed by atoms with Crippen LogP contribution < -0.4 is 10.2 Å². The van der Waals surface area contributed by atoms with Gasteiger partial charge in [-0.3, -0.25) is 0 Å². The van der Waals surface area contributed by atoms with Gasteiger partial charge in [0.05, 0.1) is 6.04 Å². The van der Waals surface area contributed by atoms with Crippen molar-refractivity contribution in [1.29, 1.82) is 0 Å². The van der Waals surface area contributed by atoms with Crippen molar-refractivity contribution in [3.8, 4) is 0 Å². The molecule has 9 heteroatoms. The standard InChI is InChI=1S/C20H22F2N4O3/c1-10(2)13-7-16(22)14(8-15(13)21)11(3)24-19-23-6-5-18(25-19)26-17(12(4)27)9-29-20(26)28/h5-8,10-11,17,27H,4,9H2,1-3H3,(H,23,24,25)/t11-,17+/m0/s1. The van der Waals surface area contributed by atoms with E-state index in [9.17, 15) is 18.7 Å². The van der Waals surface area contributed by atoms with E-state index in [1.807, 2.05) is 0 Å². The molecule has 1 aromatic heterocycles. The summed E-state index contributed by atoms with van der Waals surface area (Å²) in [7, 11) is 0. The average molecular weight is 404 g/mol. The third-order valence-corrected chi connectivity index (χ3v) is 4.70. The van der Waals surface area contributed by atoms with Crippen LogP contribution in [0.4, 0.5) is 25.3 Å². The summed E-state index contributed by atoms with van der Waals surface area (Å²) >= 11 is 0. The van der Waals surface area contributed by atoms with E-state index in [4.69, 9.17) is 4.74 Å². The van der Waals surface area contributed by atoms with Gasteiger partial charge in [-0.25, -0.2) is 23.5 Å². The van der Waals surface area contributed by atoms with Gasteiger partial charge in [-0.05, 0) is 36.6 Å². The molecule has 3 rings (SSSR count). The Bertz CT molecular complexity index is 951. The number of aromatic nitrogens is 2. The Hall–Kier alpha value is -3.23. The third kappa shape index (κ3) is 4.13. The van der Waals surface area contributed by atoms with E-state index in [-0.39, 0.29) is 35.6 Å². The number of anilines is 2. The highest BCUT2D eigenvalue weighted by atomic mass is 19.1. The largest absolute Gasteiger partial charge is 0.511 e. The fourth-order valence-corrected chi connectivity index (χ4v) is 3.10. The van der Waals surface area contributed by atoms with Crippen molar-refractivity contribution in [3.05, 3.63) is 59.5 Å². The van der Waals surface area contributed by atoms with Crippen molar-refractivity contribution >= 4 is 17.9 Å². The number of carbonyl (C=O) groups is 1. The van der Waals surface area contributed by atoms with Crippen LogP contribution in [-0.2, 0) is 4.74 Å². The number of cyclic esters (lactones) is 1. The molecule has 1 fully saturated rings. The van der Waals surface area contributed by atoms with Gasteiger partial charge < -0.3 is 15.2 Å². The number of hydrogen-bond donors (Lipinski definition) is 2. The number of aliphatic hydroxyl groups is 1. The van der Waals surface area contributed by atoms with Gasteiger partial charge in [0.15, 0.2) is 0 Å². The number of benzene rings is 1. The molecular weight excluding hydrogens is 382 g/mol. The van der Waals surface area contributed by atoms with Gasteiger partial charge in [0.25, 0.3) is 0 Å². The normalized spacial score (nSPS) is 17.4. The molecule has 0 radical (unpaired) electrons. The van der Waals surface area contributed by atoms with Crippen LogP contribution in [0.3, 0.4) is 0 Å². The Kier molecular flexibility index (Phi) is 5.67. The second-order valence-electron chi connectivity index (χ2n) is 7.11. The van der Waals surface area contributed by atoms with E-state index in [0.29, 0.717) is 5.56 Å². The lowest BCUT2D eigenvalue weighted by molar-refractivity contribution is 0.178. The van der Waals surface area contributed by atoms with Crippen molar-refractivity contribution in [1.82, 2.24) is 9.97 Å². The molecule has 0 spiro atoms. The molecular formula is C20H22F2N4O3. The smallest absolute Gasteiger partial charge is 0.416 e. The predicted octanol–water partition coefficient (Wildman–Crippen LogP) is 4.45. The molecule has 2 N–H and O–H groups in total. The lowest BCUT2D eigenvalue weighted by atomic mass is 9.98. The van der Waals surface area contributed by atoms with E-state index >= 15 is 0 Å². The molecule has 2 heterocycles. The highest BCUT2D eigenvalue weighted by Gasteiger charge is 2.37. The minimum atomic E-state index is -0.766. The van der Waals surface area contributed by atoms with Gasteiger partial charge in [-0.2, -0.15) is 4.98 Å². The summed E-state index contributed by atoms with van der Waals surface area (Å²) < 4.78 is 33.7. The summed E-state index contributed by atoms with van der Waals surface area (Å²) in [4.78, 5) is 21.4. The van der Waals surface area contributed by atoms with Gasteiger partial charge in [0.2, 0.25) is 5.95 Å². The molecule has 2 atom stereocenters. The Labute approximate surface area is 167 Å². The SMILES string of the molecule is C=C(O)[C@H]1COC(=O)N1c1ccnc(N[C@@H](C)c2cc(F)c(C(C)C)cc2F)n1. The molecule has 0 unspecified atom stereocenters. The average Bonchev–Trinajstić information content (AvgIpc) is 3.05. The molecule has 0 bridgehead atoms. The molecule has 154 valence electrons. The number of halogens is 2. The highest BCUT2D eigenvalue weighted by molar-refractivity contribution is 5.89. The van der Waals surface area contributed by atoms with Gasteiger partial charge in [0, 0.05) is 11.8 Å². The maximum atomic E-state index is 14.5. The number of hydrogen-bond acceptors (Lipinski definition) is 6. The van der Waals surface area contributed by atoms with Crippen LogP contribution >= 0.6 is 0 Å². The summed E-state index contributed by atoms with van der Waals surface area (Å²) in [6.45, 7) is 8.61. The number of nitrogens with zero attached hydrogens (tertiary/aromatic N) is 3. The molecule has 29 heavy (non-hydrogen) atoms. The lowest BCUT2D eigenvalue weighted by Gasteiger charge is -2.21. The van der Waals surface area contributed by atoms with Gasteiger partial charge in [-0.15, -0.1) is 0 Å². The van der Waals surface area contributed by atoms with Gasteiger partial charge >= 0.3 is 6.09 Å². The van der Waals surface area contributed by atoms with E-state index in [2.05, 4.69) is 21.9 Å². The van der Waals surface area contributed by atoms with Crippen LogP contribution in [0, 0.1) is 11.6 Å². The van der Waals surface area contributed by atoms with Crippen LogP contribution in [-0.4, -0.2) is 33.8 Å². The highest BCUT2D eigenvalue weighted by Crippen LogP contribution is 2.28. The Morgan fingerprint density at radius 2 is 1.97 bits per heavy atom. The first-order valence-electron chi connectivity index (χ1n) is 9.11. The van der Waals surface area contributed by atoms with Crippen LogP contribution in [0.1, 0.15) is 43.9 Å². The van der Waals surface area contributed by atoms with E-state index in [0.717, 1.165) is 11.0 Å². The van der Waals surface area contributed by atoms with Gasteiger partial charge in [0.1, 0.15) is 35.9 Å². The molecule has 1 amide bonds. The molecule has 1 saturated heterocycles. The molecule has 2 aromatic rings. The summed E-state index contributed by atoms with van der Waals surface area (Å²) in [5.74, 6) is -1.12. The fourth-order valence-electron chi connectivity index (χ4n) is 3.10. The van der Waals surface area contributed by atoms with Crippen molar-refractivity contribution < 1.29 is 23.4 Å². The first kappa shape index (κ1) is 20.5. The van der Waals surface area contributed by atoms with E-state index in [1.165, 1.54) is 18.3 Å². The number of aliphatic hydroxyl groups excluding tert-OH is 1. The topological polar surface area (TPSA) is 87.6 Å². The lowest BCUT2D eigenvalue weighted by Crippen LogP contribution is -2.35. The second-order valence-corrected chi connectivity index (χ2v) is 7.11. The number of carbonyl (C=O) groups excluding carboxylic acids is 1. The van der Waals surface area contributed by atoms with Crippen LogP contribution in [0.5, 0.6) is 0 Å². The molecule has 0 aliphatic carbocycles. The molecule has 1 aliphatic heterocycles. The van der Waals surface area contributed by atoms with Crippen molar-refractivity contribution in [2.24, 2.45) is 0 Å². The molecule has 7 nitrogen and oxygen atoms in total. The maximum Gasteiger partial charge on any atom is 0.416 e. The number of amides is 1.